The molecule has 0 unspecified atom stereocenters. The van der Waals surface area contributed by atoms with Crippen molar-refractivity contribution in [2.45, 2.75) is 131 Å². The molecule has 0 amide bonds. The first-order valence-electron chi connectivity index (χ1n) is 37.5. The van der Waals surface area contributed by atoms with Crippen LogP contribution in [-0.2, 0) is 27.1 Å². The Morgan fingerprint density at radius 1 is 0.250 bits per heavy atom. The lowest BCUT2D eigenvalue weighted by molar-refractivity contribution is 0.569. The Hall–Kier alpha value is -10.9. The average Bonchev–Trinajstić information content (AvgIpc) is 1.09. The molecule has 0 spiro atoms. The quantitative estimate of drug-likeness (QED) is 0.0853. The van der Waals surface area contributed by atoms with Gasteiger partial charge in [-0.3, -0.25) is 0 Å². The number of fused-ring (bicyclic) bond motifs is 5. The Balaban J connectivity index is 1.04. The van der Waals surface area contributed by atoms with Gasteiger partial charge >= 0.3 is 0 Å². The van der Waals surface area contributed by atoms with E-state index in [2.05, 4.69) is 391 Å². The number of aromatic nitrogens is 1. The molecule has 15 aromatic carbocycles. The normalized spacial score (nSPS) is 13.5. The molecule has 508 valence electrons. The van der Waals surface area contributed by atoms with Crippen LogP contribution < -0.4 is 26.2 Å². The number of nitrogens with zero attached hydrogens (tertiary/aromatic N) is 3. The van der Waals surface area contributed by atoms with Gasteiger partial charge in [0.2, 0.25) is 0 Å². The van der Waals surface area contributed by atoms with Gasteiger partial charge in [0.1, 0.15) is 0 Å². The molecule has 0 bridgehead atoms. The molecule has 0 N–H and O–H groups in total. The highest BCUT2D eigenvalue weighted by Crippen LogP contribution is 2.57. The van der Waals surface area contributed by atoms with Crippen LogP contribution in [0.2, 0.25) is 0 Å². The summed E-state index contributed by atoms with van der Waals surface area (Å²) in [6, 6.07) is 106. The van der Waals surface area contributed by atoms with Crippen molar-refractivity contribution in [1.29, 1.82) is 0 Å². The van der Waals surface area contributed by atoms with Crippen molar-refractivity contribution in [3.05, 3.63) is 301 Å². The third kappa shape index (κ3) is 10.4. The van der Waals surface area contributed by atoms with Crippen LogP contribution in [0.25, 0.3) is 115 Å². The Bertz CT molecular complexity index is 5840. The Morgan fingerprint density at radius 2 is 0.635 bits per heavy atom. The fourth-order valence-electron chi connectivity index (χ4n) is 17.3. The van der Waals surface area contributed by atoms with E-state index in [9.17, 15) is 0 Å². The van der Waals surface area contributed by atoms with Crippen LogP contribution in [0.1, 0.15) is 132 Å². The molecule has 3 heterocycles. The lowest BCUT2D eigenvalue weighted by atomic mass is 9.33. The second-order valence-electron chi connectivity index (χ2n) is 35.0. The molecule has 0 saturated carbocycles. The van der Waals surface area contributed by atoms with Crippen molar-refractivity contribution < 1.29 is 0 Å². The van der Waals surface area contributed by atoms with Crippen molar-refractivity contribution in [2.75, 3.05) is 9.80 Å². The summed E-state index contributed by atoms with van der Waals surface area (Å²) in [6.45, 7) is 35.4. The largest absolute Gasteiger partial charge is 0.310 e. The van der Waals surface area contributed by atoms with Gasteiger partial charge in [-0.1, -0.05) is 310 Å². The van der Waals surface area contributed by atoms with Crippen LogP contribution in [0.5, 0.6) is 0 Å². The topological polar surface area (TPSA) is 11.4 Å². The van der Waals surface area contributed by atoms with Crippen LogP contribution in [0.3, 0.4) is 0 Å². The van der Waals surface area contributed by atoms with Gasteiger partial charge in [0.15, 0.2) is 0 Å². The van der Waals surface area contributed by atoms with Crippen molar-refractivity contribution in [3.63, 3.8) is 0 Å². The zero-order chi connectivity index (χ0) is 71.8. The van der Waals surface area contributed by atoms with E-state index in [-0.39, 0.29) is 33.8 Å². The summed E-state index contributed by atoms with van der Waals surface area (Å²) in [7, 11) is 0. The van der Waals surface area contributed by atoms with Crippen molar-refractivity contribution in [1.82, 2.24) is 4.57 Å². The fourth-order valence-corrected chi connectivity index (χ4v) is 17.3. The minimum Gasteiger partial charge on any atom is -0.310 e. The second-order valence-corrected chi connectivity index (χ2v) is 35.0. The summed E-state index contributed by atoms with van der Waals surface area (Å²) in [5.41, 5.74) is 31.8. The molecule has 0 atom stereocenters. The molecular formula is C100H90BN3. The molecule has 2 aliphatic rings. The highest BCUT2D eigenvalue weighted by atomic mass is 15.2. The highest BCUT2D eigenvalue weighted by Gasteiger charge is 2.47. The molecule has 0 aliphatic carbocycles. The number of hydrogen-bond donors (Lipinski definition) is 0. The van der Waals surface area contributed by atoms with Crippen molar-refractivity contribution >= 4 is 111 Å². The maximum Gasteiger partial charge on any atom is 0.252 e. The van der Waals surface area contributed by atoms with Gasteiger partial charge in [-0.05, 0) is 204 Å². The minimum absolute atomic E-state index is 0.0921. The van der Waals surface area contributed by atoms with Gasteiger partial charge in [0.25, 0.3) is 6.71 Å². The zero-order valence-electron chi connectivity index (χ0n) is 62.9. The van der Waals surface area contributed by atoms with Gasteiger partial charge in [0.05, 0.1) is 22.4 Å². The third-order valence-corrected chi connectivity index (χ3v) is 23.0. The minimum atomic E-state index is -0.312. The number of hydrogen-bond acceptors (Lipinski definition) is 2. The van der Waals surface area contributed by atoms with E-state index < -0.39 is 0 Å². The summed E-state index contributed by atoms with van der Waals surface area (Å²) in [6.07, 6.45) is 0. The summed E-state index contributed by atoms with van der Waals surface area (Å²) in [4.78, 5) is 5.50. The SMILES string of the molecule is CC(C)(C)c1cc(-c2ccc3c(c2)B2c4ccc(-n5c6ccc7cccc8c9cccc%10ccc5c(c%109)c6c78)cc4N(c4c(-c5ccccc5)cc(C(C)(C)C)cc4-c4ccccc4)c4cc(C(C)(C)C)cc(c42)N3c2c(-c3ccccc3)cc(C(C)(C)C)cc2-c2ccccc2)cc(C(C)(C)C)c1. The lowest BCUT2D eigenvalue weighted by Crippen LogP contribution is -2.61. The van der Waals surface area contributed by atoms with E-state index in [1.165, 1.54) is 171 Å². The summed E-state index contributed by atoms with van der Waals surface area (Å²) < 4.78 is 2.60. The molecule has 0 fully saturated rings. The standard InChI is InChI=1S/C100H90BN3/c1-96(2,3)69-50-68(51-70(53-69)97(4,5)6)67-44-47-83-82(52-67)101-81-46-45-74(102-84-48-42-65-38-28-40-75-76-41-29-39-66-43-49-85(102)92(90(66)76)91(84)89(65)75)60-86(81)104(95-79(63-34-24-18-25-35-63)56-72(99(10,11)12)57-80(95)64-36-26-19-27-37-64)88-59-73(100(13,14)15)58-87(93(88)101)103(83)94-77(61-30-20-16-21-31-61)54-71(98(7,8)9)55-78(94)62-32-22-17-23-33-62/h16-60H,1-15H3. The second kappa shape index (κ2) is 23.3. The summed E-state index contributed by atoms with van der Waals surface area (Å²) in [5, 5.41) is 10.4. The predicted octanol–water partition coefficient (Wildman–Crippen LogP) is 26.0. The molecule has 3 nitrogen and oxygen atoms in total. The molecule has 0 radical (unpaired) electrons. The molecule has 1 aromatic heterocycles. The van der Waals surface area contributed by atoms with Gasteiger partial charge in [-0.25, -0.2) is 0 Å². The monoisotopic (exact) mass is 1340 g/mol. The van der Waals surface area contributed by atoms with Crippen LogP contribution in [0.15, 0.2) is 273 Å². The first-order valence-corrected chi connectivity index (χ1v) is 37.5. The third-order valence-electron chi connectivity index (χ3n) is 23.0. The van der Waals surface area contributed by atoms with Gasteiger partial charge in [-0.2, -0.15) is 0 Å². The van der Waals surface area contributed by atoms with Crippen LogP contribution >= 0.6 is 0 Å². The molecule has 16 aromatic rings. The average molecular weight is 1340 g/mol. The van der Waals surface area contributed by atoms with E-state index in [0.717, 1.165) is 22.7 Å². The van der Waals surface area contributed by atoms with Gasteiger partial charge in [-0.15, -0.1) is 0 Å². The Morgan fingerprint density at radius 3 is 1.04 bits per heavy atom. The van der Waals surface area contributed by atoms with Gasteiger partial charge < -0.3 is 14.4 Å². The van der Waals surface area contributed by atoms with Crippen LogP contribution in [0.4, 0.5) is 34.1 Å². The first-order chi connectivity index (χ1) is 49.8. The summed E-state index contributed by atoms with van der Waals surface area (Å²) in [5.74, 6) is 0. The van der Waals surface area contributed by atoms with E-state index in [1.54, 1.807) is 0 Å². The van der Waals surface area contributed by atoms with Crippen molar-refractivity contribution in [3.8, 4) is 61.3 Å². The maximum absolute atomic E-state index is 2.77. The molecule has 104 heavy (non-hydrogen) atoms. The number of rotatable bonds is 8. The fraction of sp³-hybridized carbons (Fsp3) is 0.200. The summed E-state index contributed by atoms with van der Waals surface area (Å²) >= 11 is 0. The number of benzene rings is 15. The van der Waals surface area contributed by atoms with E-state index in [4.69, 9.17) is 0 Å². The first kappa shape index (κ1) is 65.1. The Labute approximate surface area is 614 Å². The van der Waals surface area contributed by atoms with Crippen LogP contribution in [0, 0.1) is 0 Å². The van der Waals surface area contributed by atoms with Crippen LogP contribution in [-0.4, -0.2) is 11.3 Å². The van der Waals surface area contributed by atoms with E-state index in [1.807, 2.05) is 0 Å². The smallest absolute Gasteiger partial charge is 0.252 e. The molecule has 0 saturated heterocycles. The van der Waals surface area contributed by atoms with Gasteiger partial charge in [0, 0.05) is 61.5 Å². The molecule has 18 rings (SSSR count). The molecular weight excluding hydrogens is 1250 g/mol. The van der Waals surface area contributed by atoms with Crippen molar-refractivity contribution in [2.24, 2.45) is 0 Å². The lowest BCUT2D eigenvalue weighted by Gasteiger charge is -2.47. The number of anilines is 6. The molecule has 2 aliphatic heterocycles. The van der Waals surface area contributed by atoms with E-state index >= 15 is 0 Å². The highest BCUT2D eigenvalue weighted by molar-refractivity contribution is 7.00. The van der Waals surface area contributed by atoms with E-state index in [0.29, 0.717) is 0 Å². The maximum atomic E-state index is 2.77. The Kier molecular flexibility index (Phi) is 14.6. The predicted molar refractivity (Wildman–Crippen MR) is 450 cm³/mol. The zero-order valence-corrected chi connectivity index (χ0v) is 62.9. The molecule has 4 heteroatoms.